The molecule has 1 aliphatic heterocycles. The van der Waals surface area contributed by atoms with Gasteiger partial charge in [-0.3, -0.25) is 9.69 Å². The second-order valence-electron chi connectivity index (χ2n) is 8.60. The average molecular weight is 386 g/mol. The fourth-order valence-corrected chi connectivity index (χ4v) is 2.86. The van der Waals surface area contributed by atoms with Crippen molar-refractivity contribution in [3.05, 3.63) is 0 Å². The Morgan fingerprint density at radius 2 is 1.59 bits per heavy atom. The molecular formula is C19H34N2O6. The molecule has 0 spiro atoms. The van der Waals surface area contributed by atoms with Crippen molar-refractivity contribution in [2.24, 2.45) is 0 Å². The molecule has 1 heterocycles. The highest BCUT2D eigenvalue weighted by atomic mass is 16.6. The van der Waals surface area contributed by atoms with Crippen molar-refractivity contribution >= 4 is 18.0 Å². The summed E-state index contributed by atoms with van der Waals surface area (Å²) in [7, 11) is 0. The van der Waals surface area contributed by atoms with Crippen LogP contribution in [-0.2, 0) is 23.8 Å². The summed E-state index contributed by atoms with van der Waals surface area (Å²) in [5, 5.41) is 3.01. The van der Waals surface area contributed by atoms with Gasteiger partial charge in [0.2, 0.25) is 0 Å². The quantitative estimate of drug-likeness (QED) is 0.553. The number of rotatable bonds is 6. The summed E-state index contributed by atoms with van der Waals surface area (Å²) >= 11 is 0. The SMILES string of the molecule is CCOC(=O)[C@@H]1CC[C@@H](CNCC(=O)OC(C)(C)C)N1C(=O)OC(C)(C)C. The van der Waals surface area contributed by atoms with Gasteiger partial charge in [-0.15, -0.1) is 0 Å². The number of carbonyl (C=O) groups is 3. The zero-order valence-corrected chi connectivity index (χ0v) is 17.6. The molecule has 0 aromatic heterocycles. The first kappa shape index (κ1) is 23.2. The minimum atomic E-state index is -0.673. The minimum absolute atomic E-state index is 0.0278. The van der Waals surface area contributed by atoms with E-state index in [4.69, 9.17) is 14.2 Å². The molecule has 0 radical (unpaired) electrons. The highest BCUT2D eigenvalue weighted by Gasteiger charge is 2.43. The van der Waals surface area contributed by atoms with E-state index < -0.39 is 29.3 Å². The topological polar surface area (TPSA) is 94.2 Å². The number of nitrogens with one attached hydrogen (secondary N) is 1. The van der Waals surface area contributed by atoms with Crippen LogP contribution in [0.15, 0.2) is 0 Å². The molecular weight excluding hydrogens is 352 g/mol. The molecule has 1 rings (SSSR count). The van der Waals surface area contributed by atoms with E-state index in [-0.39, 0.29) is 25.2 Å². The number of esters is 2. The Morgan fingerprint density at radius 1 is 1.00 bits per heavy atom. The van der Waals surface area contributed by atoms with Gasteiger partial charge >= 0.3 is 18.0 Å². The van der Waals surface area contributed by atoms with E-state index in [2.05, 4.69) is 5.32 Å². The van der Waals surface area contributed by atoms with E-state index in [0.29, 0.717) is 19.4 Å². The van der Waals surface area contributed by atoms with E-state index in [1.807, 2.05) is 0 Å². The smallest absolute Gasteiger partial charge is 0.411 e. The zero-order chi connectivity index (χ0) is 20.8. The van der Waals surface area contributed by atoms with Crippen molar-refractivity contribution in [1.29, 1.82) is 0 Å². The van der Waals surface area contributed by atoms with Crippen LogP contribution in [0.1, 0.15) is 61.3 Å². The van der Waals surface area contributed by atoms with Gasteiger partial charge in [0.25, 0.3) is 0 Å². The Bertz CT molecular complexity index is 535. The van der Waals surface area contributed by atoms with Crippen molar-refractivity contribution in [3.63, 3.8) is 0 Å². The zero-order valence-electron chi connectivity index (χ0n) is 17.6. The van der Waals surface area contributed by atoms with Crippen molar-refractivity contribution < 1.29 is 28.6 Å². The highest BCUT2D eigenvalue weighted by molar-refractivity contribution is 5.82. The second-order valence-corrected chi connectivity index (χ2v) is 8.60. The van der Waals surface area contributed by atoms with Crippen LogP contribution in [-0.4, -0.2) is 65.9 Å². The maximum absolute atomic E-state index is 12.7. The van der Waals surface area contributed by atoms with Gasteiger partial charge < -0.3 is 19.5 Å². The van der Waals surface area contributed by atoms with Gasteiger partial charge in [0.1, 0.15) is 17.2 Å². The maximum atomic E-state index is 12.7. The molecule has 1 amide bonds. The highest BCUT2D eigenvalue weighted by Crippen LogP contribution is 2.27. The fourth-order valence-electron chi connectivity index (χ4n) is 2.86. The van der Waals surface area contributed by atoms with Crippen LogP contribution in [0.4, 0.5) is 4.79 Å². The molecule has 1 aliphatic rings. The number of ether oxygens (including phenoxy) is 3. The number of amides is 1. The molecule has 0 aromatic carbocycles. The van der Waals surface area contributed by atoms with Crippen LogP contribution >= 0.6 is 0 Å². The van der Waals surface area contributed by atoms with Crippen molar-refractivity contribution in [2.45, 2.75) is 84.6 Å². The van der Waals surface area contributed by atoms with Crippen molar-refractivity contribution in [2.75, 3.05) is 19.7 Å². The van der Waals surface area contributed by atoms with Gasteiger partial charge in [0.15, 0.2) is 0 Å². The van der Waals surface area contributed by atoms with Crippen LogP contribution in [0.5, 0.6) is 0 Å². The Kier molecular flexibility index (Phi) is 8.07. The van der Waals surface area contributed by atoms with E-state index in [0.717, 1.165) is 0 Å². The lowest BCUT2D eigenvalue weighted by Crippen LogP contribution is -2.50. The van der Waals surface area contributed by atoms with Gasteiger partial charge in [0.05, 0.1) is 13.2 Å². The third kappa shape index (κ3) is 8.15. The summed E-state index contributed by atoms with van der Waals surface area (Å²) in [6.07, 6.45) is 0.558. The first-order valence-electron chi connectivity index (χ1n) is 9.44. The Morgan fingerprint density at radius 3 is 2.11 bits per heavy atom. The molecule has 0 unspecified atom stereocenters. The molecule has 0 aliphatic carbocycles. The molecule has 0 bridgehead atoms. The standard InChI is InChI=1S/C19H34N2O6/c1-8-25-16(23)14-10-9-13(21(14)17(24)27-19(5,6)7)11-20-12-15(22)26-18(2,3)4/h13-14,20H,8-12H2,1-7H3/t13-,14-/m0/s1. The van der Waals surface area contributed by atoms with Crippen molar-refractivity contribution in [1.82, 2.24) is 10.2 Å². The Hall–Kier alpha value is -1.83. The lowest BCUT2D eigenvalue weighted by molar-refractivity contribution is -0.154. The summed E-state index contributed by atoms with van der Waals surface area (Å²) in [6, 6.07) is -0.940. The average Bonchev–Trinajstić information content (AvgIpc) is 2.87. The summed E-state index contributed by atoms with van der Waals surface area (Å²) in [5.41, 5.74) is -1.23. The second kappa shape index (κ2) is 9.39. The normalized spacial score (nSPS) is 20.3. The Balaban J connectivity index is 2.74. The lowest BCUT2D eigenvalue weighted by atomic mass is 10.2. The van der Waals surface area contributed by atoms with Gasteiger partial charge in [-0.05, 0) is 61.3 Å². The molecule has 27 heavy (non-hydrogen) atoms. The first-order valence-corrected chi connectivity index (χ1v) is 9.44. The van der Waals surface area contributed by atoms with Gasteiger partial charge in [0, 0.05) is 12.6 Å². The number of hydrogen-bond donors (Lipinski definition) is 1. The molecule has 8 heteroatoms. The number of likely N-dealkylation sites (tertiary alicyclic amines) is 1. The maximum Gasteiger partial charge on any atom is 0.411 e. The number of nitrogens with zero attached hydrogens (tertiary/aromatic N) is 1. The number of carbonyl (C=O) groups excluding carboxylic acids is 3. The van der Waals surface area contributed by atoms with E-state index >= 15 is 0 Å². The van der Waals surface area contributed by atoms with E-state index in [1.165, 1.54) is 4.90 Å². The van der Waals surface area contributed by atoms with Crippen LogP contribution in [0.3, 0.4) is 0 Å². The first-order chi connectivity index (χ1) is 12.3. The summed E-state index contributed by atoms with van der Waals surface area (Å²) in [6.45, 7) is 13.1. The third-order valence-corrected chi connectivity index (χ3v) is 3.73. The summed E-state index contributed by atoms with van der Waals surface area (Å²) in [5.74, 6) is -0.802. The molecule has 1 saturated heterocycles. The van der Waals surface area contributed by atoms with Crippen LogP contribution < -0.4 is 5.32 Å². The molecule has 1 N–H and O–H groups in total. The predicted octanol–water partition coefficient (Wildman–Crippen LogP) is 2.25. The molecule has 0 aromatic rings. The molecule has 1 fully saturated rings. The largest absolute Gasteiger partial charge is 0.464 e. The predicted molar refractivity (Wildman–Crippen MR) is 100 cm³/mol. The Labute approximate surface area is 161 Å². The summed E-state index contributed by atoms with van der Waals surface area (Å²) in [4.78, 5) is 38.2. The fraction of sp³-hybridized carbons (Fsp3) is 0.842. The minimum Gasteiger partial charge on any atom is -0.464 e. The van der Waals surface area contributed by atoms with E-state index in [1.54, 1.807) is 48.5 Å². The monoisotopic (exact) mass is 386 g/mol. The van der Waals surface area contributed by atoms with Crippen LogP contribution in [0, 0.1) is 0 Å². The van der Waals surface area contributed by atoms with Gasteiger partial charge in [-0.25, -0.2) is 9.59 Å². The van der Waals surface area contributed by atoms with Crippen molar-refractivity contribution in [3.8, 4) is 0 Å². The van der Waals surface area contributed by atoms with Gasteiger partial charge in [-0.1, -0.05) is 0 Å². The van der Waals surface area contributed by atoms with Gasteiger partial charge in [-0.2, -0.15) is 0 Å². The van der Waals surface area contributed by atoms with E-state index in [9.17, 15) is 14.4 Å². The molecule has 156 valence electrons. The van der Waals surface area contributed by atoms with Crippen LogP contribution in [0.25, 0.3) is 0 Å². The molecule has 2 atom stereocenters. The summed E-state index contributed by atoms with van der Waals surface area (Å²) < 4.78 is 15.8. The molecule has 0 saturated carbocycles. The van der Waals surface area contributed by atoms with Crippen LogP contribution in [0.2, 0.25) is 0 Å². The molecule has 8 nitrogen and oxygen atoms in total. The number of hydrogen-bond acceptors (Lipinski definition) is 7. The lowest BCUT2D eigenvalue weighted by Gasteiger charge is -2.31. The third-order valence-electron chi connectivity index (χ3n) is 3.73.